The number of aliphatic imine (C=N–C) groups is 1. The SMILES string of the molecule is C#Cc1ccc(C2=N[C@@H](c3ccc(Cl)cc3)[C@@H](c3ccc(Cl)cc3)N2C(=O)N2CCN(CC(=O)N3CCOCC3)CC2)c(OCC)c1. The van der Waals surface area contributed by atoms with Crippen molar-refractivity contribution in [3.05, 3.63) is 99.0 Å². The van der Waals surface area contributed by atoms with E-state index in [4.69, 9.17) is 44.1 Å². The van der Waals surface area contributed by atoms with E-state index in [9.17, 15) is 9.59 Å². The van der Waals surface area contributed by atoms with Crippen LogP contribution in [0.15, 0.2) is 71.7 Å². The first-order valence-corrected chi connectivity index (χ1v) is 16.6. The molecule has 0 saturated carbocycles. The number of amidine groups is 1. The van der Waals surface area contributed by atoms with E-state index in [2.05, 4.69) is 10.8 Å². The van der Waals surface area contributed by atoms with Crippen LogP contribution in [0.2, 0.25) is 10.0 Å². The fourth-order valence-corrected chi connectivity index (χ4v) is 6.53. The maximum atomic E-state index is 14.8. The smallest absolute Gasteiger partial charge is 0.326 e. The normalized spacial score (nSPS) is 20.1. The zero-order valence-corrected chi connectivity index (χ0v) is 27.8. The van der Waals surface area contributed by atoms with Crippen molar-refractivity contribution in [2.24, 2.45) is 4.99 Å². The number of carbonyl (C=O) groups is 2. The predicted octanol–water partition coefficient (Wildman–Crippen LogP) is 5.51. The third-order valence-corrected chi connectivity index (χ3v) is 9.25. The van der Waals surface area contributed by atoms with E-state index in [1.54, 1.807) is 11.0 Å². The van der Waals surface area contributed by atoms with Gasteiger partial charge in [-0.3, -0.25) is 19.6 Å². The van der Waals surface area contributed by atoms with E-state index in [1.807, 2.05) is 77.4 Å². The molecule has 3 aliphatic heterocycles. The Morgan fingerprint density at radius 1 is 0.894 bits per heavy atom. The van der Waals surface area contributed by atoms with Crippen LogP contribution in [0.4, 0.5) is 4.79 Å². The minimum atomic E-state index is -0.487. The highest BCUT2D eigenvalue weighted by Crippen LogP contribution is 2.45. The van der Waals surface area contributed by atoms with Crippen molar-refractivity contribution in [3.8, 4) is 18.1 Å². The van der Waals surface area contributed by atoms with E-state index in [0.29, 0.717) is 98.4 Å². The fraction of sp³-hybridized carbons (Fsp3) is 0.361. The van der Waals surface area contributed by atoms with Crippen molar-refractivity contribution in [2.75, 3.05) is 65.6 Å². The van der Waals surface area contributed by atoms with Crippen molar-refractivity contribution < 1.29 is 19.1 Å². The summed E-state index contributed by atoms with van der Waals surface area (Å²) in [6, 6.07) is 19.5. The summed E-state index contributed by atoms with van der Waals surface area (Å²) in [6.45, 7) is 7.08. The molecule has 0 aromatic heterocycles. The number of hydrogen-bond acceptors (Lipinski definition) is 6. The van der Waals surface area contributed by atoms with Gasteiger partial charge in [0.2, 0.25) is 5.91 Å². The molecule has 0 spiro atoms. The Labute approximate surface area is 285 Å². The monoisotopic (exact) mass is 673 g/mol. The molecule has 9 nitrogen and oxygen atoms in total. The van der Waals surface area contributed by atoms with Crippen LogP contribution < -0.4 is 4.74 Å². The number of piperazine rings is 1. The molecule has 3 aliphatic rings. The second-order valence-corrected chi connectivity index (χ2v) is 12.5. The van der Waals surface area contributed by atoms with E-state index < -0.39 is 12.1 Å². The Balaban J connectivity index is 1.35. The number of halogens is 2. The highest BCUT2D eigenvalue weighted by molar-refractivity contribution is 6.30. The van der Waals surface area contributed by atoms with Gasteiger partial charge < -0.3 is 19.3 Å². The third kappa shape index (κ3) is 7.26. The Morgan fingerprint density at radius 3 is 2.15 bits per heavy atom. The number of urea groups is 1. The van der Waals surface area contributed by atoms with Gasteiger partial charge in [0.1, 0.15) is 17.6 Å². The number of nitrogens with zero attached hydrogens (tertiary/aromatic N) is 5. The molecular weight excluding hydrogens is 637 g/mol. The van der Waals surface area contributed by atoms with Crippen molar-refractivity contribution in [1.29, 1.82) is 0 Å². The largest absolute Gasteiger partial charge is 0.493 e. The molecule has 6 rings (SSSR count). The van der Waals surface area contributed by atoms with Crippen molar-refractivity contribution in [3.63, 3.8) is 0 Å². The van der Waals surface area contributed by atoms with Gasteiger partial charge in [-0.25, -0.2) is 4.79 Å². The van der Waals surface area contributed by atoms with Crippen LogP contribution in [0.5, 0.6) is 5.75 Å². The quantitative estimate of drug-likeness (QED) is 0.309. The summed E-state index contributed by atoms with van der Waals surface area (Å²) < 4.78 is 11.5. The first-order valence-electron chi connectivity index (χ1n) is 15.8. The summed E-state index contributed by atoms with van der Waals surface area (Å²) in [4.78, 5) is 40.5. The molecule has 2 fully saturated rings. The topological polar surface area (TPSA) is 77.9 Å². The Bertz CT molecular complexity index is 1660. The Morgan fingerprint density at radius 2 is 1.53 bits per heavy atom. The van der Waals surface area contributed by atoms with Gasteiger partial charge >= 0.3 is 6.03 Å². The maximum Gasteiger partial charge on any atom is 0.326 e. The van der Waals surface area contributed by atoms with Gasteiger partial charge in [-0.05, 0) is 60.5 Å². The van der Waals surface area contributed by atoms with Gasteiger partial charge in [0.05, 0.1) is 38.0 Å². The first kappa shape index (κ1) is 32.9. The van der Waals surface area contributed by atoms with Gasteiger partial charge in [0.25, 0.3) is 0 Å². The summed E-state index contributed by atoms with van der Waals surface area (Å²) in [5, 5.41) is 1.21. The van der Waals surface area contributed by atoms with Crippen LogP contribution >= 0.6 is 23.2 Å². The molecule has 47 heavy (non-hydrogen) atoms. The van der Waals surface area contributed by atoms with Gasteiger partial charge in [0.15, 0.2) is 0 Å². The van der Waals surface area contributed by atoms with Crippen LogP contribution in [0.3, 0.4) is 0 Å². The van der Waals surface area contributed by atoms with Crippen LogP contribution in [-0.2, 0) is 9.53 Å². The highest BCUT2D eigenvalue weighted by atomic mass is 35.5. The molecule has 0 radical (unpaired) electrons. The predicted molar refractivity (Wildman–Crippen MR) is 183 cm³/mol. The molecule has 3 aromatic carbocycles. The number of benzene rings is 3. The molecule has 11 heteroatoms. The lowest BCUT2D eigenvalue weighted by molar-refractivity contribution is -0.136. The van der Waals surface area contributed by atoms with Crippen LogP contribution in [-0.4, -0.2) is 103 Å². The summed E-state index contributed by atoms with van der Waals surface area (Å²) in [7, 11) is 0. The number of morpholine rings is 1. The fourth-order valence-electron chi connectivity index (χ4n) is 6.28. The summed E-state index contributed by atoms with van der Waals surface area (Å²) >= 11 is 12.6. The molecular formula is C36H37Cl2N5O4. The summed E-state index contributed by atoms with van der Waals surface area (Å²) in [6.07, 6.45) is 5.73. The van der Waals surface area contributed by atoms with Crippen molar-refractivity contribution >= 4 is 41.0 Å². The zero-order valence-electron chi connectivity index (χ0n) is 26.3. The number of ether oxygens (including phenoxy) is 2. The summed E-state index contributed by atoms with van der Waals surface area (Å²) in [5.74, 6) is 3.81. The molecule has 3 amide bonds. The lowest BCUT2D eigenvalue weighted by Crippen LogP contribution is -2.56. The third-order valence-electron chi connectivity index (χ3n) is 8.75. The van der Waals surface area contributed by atoms with Crippen molar-refractivity contribution in [2.45, 2.75) is 19.0 Å². The molecule has 3 aromatic rings. The average molecular weight is 675 g/mol. The second kappa shape index (κ2) is 14.8. The van der Waals surface area contributed by atoms with E-state index in [-0.39, 0.29) is 11.9 Å². The molecule has 0 N–H and O–H groups in total. The highest BCUT2D eigenvalue weighted by Gasteiger charge is 2.45. The lowest BCUT2D eigenvalue weighted by Gasteiger charge is -2.39. The zero-order chi connectivity index (χ0) is 32.9. The molecule has 2 saturated heterocycles. The van der Waals surface area contributed by atoms with Crippen molar-refractivity contribution in [1.82, 2.24) is 19.6 Å². The first-order chi connectivity index (χ1) is 22.9. The number of carbonyl (C=O) groups excluding carboxylic acids is 2. The van der Waals surface area contributed by atoms with E-state index >= 15 is 0 Å². The van der Waals surface area contributed by atoms with E-state index in [1.165, 1.54) is 0 Å². The minimum Gasteiger partial charge on any atom is -0.493 e. The average Bonchev–Trinajstić information content (AvgIpc) is 3.49. The van der Waals surface area contributed by atoms with Gasteiger partial charge in [-0.2, -0.15) is 0 Å². The molecule has 0 unspecified atom stereocenters. The van der Waals surface area contributed by atoms with Gasteiger partial charge in [-0.15, -0.1) is 6.42 Å². The Hall–Kier alpha value is -4.07. The van der Waals surface area contributed by atoms with Crippen LogP contribution in [0.25, 0.3) is 0 Å². The number of terminal acetylenes is 1. The lowest BCUT2D eigenvalue weighted by atomic mass is 9.93. The van der Waals surface area contributed by atoms with Gasteiger partial charge in [0, 0.05) is 54.9 Å². The standard InChI is InChI=1S/C36H37Cl2N5O4/c1-3-25-5-14-30(31(23-25)47-4-2)35-39-33(26-6-10-28(37)11-7-26)34(27-8-12-29(38)13-9-27)43(35)36(45)42-17-15-40(16-18-42)24-32(44)41-19-21-46-22-20-41/h1,5-14,23,33-34H,4,15-22,24H2,2H3/t33-,34+/m0/s1. The molecule has 244 valence electrons. The number of amides is 3. The summed E-state index contributed by atoms with van der Waals surface area (Å²) in [5.41, 5.74) is 3.13. The number of rotatable bonds is 7. The molecule has 0 bridgehead atoms. The molecule has 3 heterocycles. The van der Waals surface area contributed by atoms with Crippen LogP contribution in [0.1, 0.15) is 41.3 Å². The minimum absolute atomic E-state index is 0.0921. The second-order valence-electron chi connectivity index (χ2n) is 11.6. The van der Waals surface area contributed by atoms with Gasteiger partial charge in [-0.1, -0.05) is 53.4 Å². The number of hydrogen-bond donors (Lipinski definition) is 0. The Kier molecular flexibility index (Phi) is 10.3. The van der Waals surface area contributed by atoms with Crippen LogP contribution in [0, 0.1) is 12.3 Å². The molecule has 2 atom stereocenters. The van der Waals surface area contributed by atoms with E-state index in [0.717, 1.165) is 11.1 Å². The maximum absolute atomic E-state index is 14.8. The molecule has 0 aliphatic carbocycles.